The summed E-state index contributed by atoms with van der Waals surface area (Å²) in [5, 5.41) is 12.3. The second-order valence-electron chi connectivity index (χ2n) is 7.82. The van der Waals surface area contributed by atoms with Crippen LogP contribution in [0, 0.1) is 11.3 Å². The van der Waals surface area contributed by atoms with Gasteiger partial charge in [0.05, 0.1) is 11.6 Å². The topological polar surface area (TPSA) is 73.2 Å². The minimum Gasteiger partial charge on any atom is -0.320 e. The first-order chi connectivity index (χ1) is 13.8. The Bertz CT molecular complexity index is 1020. The summed E-state index contributed by atoms with van der Waals surface area (Å²) in [6.45, 7) is 7.40. The van der Waals surface area contributed by atoms with Crippen molar-refractivity contribution in [3.8, 4) is 6.07 Å². The zero-order valence-corrected chi connectivity index (χ0v) is 17.2. The van der Waals surface area contributed by atoms with E-state index in [4.69, 9.17) is 0 Å². The van der Waals surface area contributed by atoms with Gasteiger partial charge < -0.3 is 10.2 Å². The molecule has 0 aliphatic carbocycles. The molecule has 1 heterocycles. The van der Waals surface area contributed by atoms with Gasteiger partial charge in [-0.1, -0.05) is 48.5 Å². The van der Waals surface area contributed by atoms with Crippen molar-refractivity contribution in [2.24, 2.45) is 0 Å². The van der Waals surface area contributed by atoms with Gasteiger partial charge in [0.25, 0.3) is 11.8 Å². The Balaban J connectivity index is 2.08. The molecule has 1 N–H and O–H groups in total. The van der Waals surface area contributed by atoms with Gasteiger partial charge in [0, 0.05) is 12.5 Å². The minimum atomic E-state index is -1.01. The molecule has 0 aromatic heterocycles. The molecule has 0 radical (unpaired) electrons. The molecular weight excluding hydrogens is 362 g/mol. The SMILES string of the molecule is CC(=C1NC(=O)C(C)(Cc2ccccc2)N(C(C)C)C1=O)c1ccccc1C#N. The Morgan fingerprint density at radius 1 is 1.10 bits per heavy atom. The molecule has 0 saturated carbocycles. The average Bonchev–Trinajstić information content (AvgIpc) is 2.70. The molecule has 1 saturated heterocycles. The zero-order valence-electron chi connectivity index (χ0n) is 17.2. The molecule has 148 valence electrons. The first-order valence-corrected chi connectivity index (χ1v) is 9.69. The number of nitrogens with zero attached hydrogens (tertiary/aromatic N) is 2. The van der Waals surface area contributed by atoms with Crippen LogP contribution in [0.3, 0.4) is 0 Å². The third-order valence-electron chi connectivity index (χ3n) is 5.43. The summed E-state index contributed by atoms with van der Waals surface area (Å²) >= 11 is 0. The Labute approximate surface area is 171 Å². The normalized spacial score (nSPS) is 21.0. The molecule has 2 amide bonds. The highest BCUT2D eigenvalue weighted by molar-refractivity contribution is 6.11. The van der Waals surface area contributed by atoms with E-state index in [1.807, 2.05) is 57.2 Å². The number of amides is 2. The van der Waals surface area contributed by atoms with E-state index in [9.17, 15) is 14.9 Å². The Hall–Kier alpha value is -3.39. The lowest BCUT2D eigenvalue weighted by atomic mass is 9.85. The van der Waals surface area contributed by atoms with Crippen LogP contribution in [0.4, 0.5) is 0 Å². The lowest BCUT2D eigenvalue weighted by Crippen LogP contribution is -2.67. The Kier molecular flexibility index (Phi) is 5.56. The van der Waals surface area contributed by atoms with Crippen molar-refractivity contribution in [1.29, 1.82) is 5.26 Å². The summed E-state index contributed by atoms with van der Waals surface area (Å²) in [5.41, 5.74) is 1.92. The largest absolute Gasteiger partial charge is 0.320 e. The van der Waals surface area contributed by atoms with Crippen molar-refractivity contribution in [3.63, 3.8) is 0 Å². The molecular formula is C24H25N3O2. The third kappa shape index (κ3) is 3.66. The number of rotatable bonds is 4. The van der Waals surface area contributed by atoms with Gasteiger partial charge in [-0.05, 0) is 50.5 Å². The van der Waals surface area contributed by atoms with Crippen molar-refractivity contribution in [3.05, 3.63) is 77.0 Å². The molecule has 5 nitrogen and oxygen atoms in total. The fourth-order valence-electron chi connectivity index (χ4n) is 4.02. The molecule has 29 heavy (non-hydrogen) atoms. The van der Waals surface area contributed by atoms with Crippen LogP contribution >= 0.6 is 0 Å². The first-order valence-electron chi connectivity index (χ1n) is 9.69. The van der Waals surface area contributed by atoms with Crippen LogP contribution in [-0.4, -0.2) is 28.3 Å². The van der Waals surface area contributed by atoms with E-state index in [1.54, 1.807) is 30.0 Å². The predicted octanol–water partition coefficient (Wildman–Crippen LogP) is 3.66. The van der Waals surface area contributed by atoms with E-state index in [1.165, 1.54) is 0 Å². The molecule has 0 spiro atoms. The lowest BCUT2D eigenvalue weighted by Gasteiger charge is -2.47. The van der Waals surface area contributed by atoms with E-state index in [2.05, 4.69) is 11.4 Å². The molecule has 2 aromatic rings. The molecule has 1 unspecified atom stereocenters. The highest BCUT2D eigenvalue weighted by Gasteiger charge is 2.49. The first kappa shape index (κ1) is 20.3. The third-order valence-corrected chi connectivity index (χ3v) is 5.43. The number of carbonyl (C=O) groups is 2. The van der Waals surface area contributed by atoms with Crippen molar-refractivity contribution in [1.82, 2.24) is 10.2 Å². The number of nitriles is 1. The van der Waals surface area contributed by atoms with Crippen molar-refractivity contribution in [2.45, 2.75) is 45.7 Å². The number of hydrogen-bond acceptors (Lipinski definition) is 3. The minimum absolute atomic E-state index is 0.170. The molecule has 3 rings (SSSR count). The molecule has 1 aliphatic heterocycles. The summed E-state index contributed by atoms with van der Waals surface area (Å²) in [6, 6.07) is 18.8. The van der Waals surface area contributed by atoms with Gasteiger partial charge in [-0.2, -0.15) is 5.26 Å². The zero-order chi connectivity index (χ0) is 21.2. The van der Waals surface area contributed by atoms with Crippen LogP contribution in [0.25, 0.3) is 5.57 Å². The maximum atomic E-state index is 13.5. The molecule has 1 atom stereocenters. The summed E-state index contributed by atoms with van der Waals surface area (Å²) in [6.07, 6.45) is 0.421. The molecule has 1 aliphatic rings. The van der Waals surface area contributed by atoms with Gasteiger partial charge in [0.1, 0.15) is 11.2 Å². The van der Waals surface area contributed by atoms with Crippen LogP contribution in [0.2, 0.25) is 0 Å². The number of nitrogens with one attached hydrogen (secondary N) is 1. The second-order valence-corrected chi connectivity index (χ2v) is 7.82. The van der Waals surface area contributed by atoms with E-state index < -0.39 is 5.54 Å². The summed E-state index contributed by atoms with van der Waals surface area (Å²) in [5.74, 6) is -0.457. The van der Waals surface area contributed by atoms with Crippen LogP contribution in [0.1, 0.15) is 44.4 Å². The number of hydrogen-bond donors (Lipinski definition) is 1. The smallest absolute Gasteiger partial charge is 0.271 e. The summed E-state index contributed by atoms with van der Waals surface area (Å²) in [4.78, 5) is 28.4. The maximum Gasteiger partial charge on any atom is 0.271 e. The van der Waals surface area contributed by atoms with E-state index >= 15 is 0 Å². The van der Waals surface area contributed by atoms with E-state index in [-0.39, 0.29) is 23.6 Å². The number of allylic oxidation sites excluding steroid dienone is 1. The maximum absolute atomic E-state index is 13.5. The fraction of sp³-hybridized carbons (Fsp3) is 0.292. The average molecular weight is 387 g/mol. The van der Waals surface area contributed by atoms with Gasteiger partial charge in [0.15, 0.2) is 0 Å². The quantitative estimate of drug-likeness (QED) is 0.814. The van der Waals surface area contributed by atoms with Crippen LogP contribution in [0.5, 0.6) is 0 Å². The number of carbonyl (C=O) groups excluding carboxylic acids is 2. The molecule has 2 aromatic carbocycles. The number of benzene rings is 2. The standard InChI is InChI=1S/C24H25N3O2/c1-16(2)27-22(28)21(17(3)20-13-9-8-12-19(20)15-25)26-23(29)24(27,4)14-18-10-6-5-7-11-18/h5-13,16H,14H2,1-4H3,(H,26,29). The van der Waals surface area contributed by atoms with Gasteiger partial charge in [-0.25, -0.2) is 0 Å². The highest BCUT2D eigenvalue weighted by atomic mass is 16.2. The van der Waals surface area contributed by atoms with Crippen molar-refractivity contribution < 1.29 is 9.59 Å². The summed E-state index contributed by atoms with van der Waals surface area (Å²) in [7, 11) is 0. The highest BCUT2D eigenvalue weighted by Crippen LogP contribution is 2.32. The number of piperazine rings is 1. The van der Waals surface area contributed by atoms with Gasteiger partial charge in [0.2, 0.25) is 0 Å². The van der Waals surface area contributed by atoms with Gasteiger partial charge in [-0.15, -0.1) is 0 Å². The Morgan fingerprint density at radius 2 is 1.72 bits per heavy atom. The van der Waals surface area contributed by atoms with Crippen molar-refractivity contribution >= 4 is 17.4 Å². The van der Waals surface area contributed by atoms with Gasteiger partial charge >= 0.3 is 0 Å². The van der Waals surface area contributed by atoms with Crippen molar-refractivity contribution in [2.75, 3.05) is 0 Å². The lowest BCUT2D eigenvalue weighted by molar-refractivity contribution is -0.151. The van der Waals surface area contributed by atoms with Gasteiger partial charge in [-0.3, -0.25) is 9.59 Å². The second kappa shape index (κ2) is 7.92. The van der Waals surface area contributed by atoms with E-state index in [0.717, 1.165) is 5.56 Å². The van der Waals surface area contributed by atoms with Crippen LogP contribution < -0.4 is 5.32 Å². The van der Waals surface area contributed by atoms with Crippen LogP contribution in [-0.2, 0) is 16.0 Å². The monoisotopic (exact) mass is 387 g/mol. The summed E-state index contributed by atoms with van der Waals surface area (Å²) < 4.78 is 0. The molecule has 0 bridgehead atoms. The predicted molar refractivity (Wildman–Crippen MR) is 112 cm³/mol. The van der Waals surface area contributed by atoms with Crippen LogP contribution in [0.15, 0.2) is 60.3 Å². The Morgan fingerprint density at radius 3 is 2.34 bits per heavy atom. The molecule has 1 fully saturated rings. The fourth-order valence-corrected chi connectivity index (χ4v) is 4.02. The molecule has 5 heteroatoms. The van der Waals surface area contributed by atoms with E-state index in [0.29, 0.717) is 23.1 Å².